The molecule has 86 valence electrons. The minimum absolute atomic E-state index is 0.0392. The van der Waals surface area contributed by atoms with Gasteiger partial charge in [-0.2, -0.15) is 0 Å². The monoisotopic (exact) mass is 220 g/mol. The first-order chi connectivity index (χ1) is 6.42. The van der Waals surface area contributed by atoms with E-state index in [0.717, 1.165) is 6.42 Å². The Hall–Kier alpha value is 0.250. The quantitative estimate of drug-likeness (QED) is 0.616. The molecule has 14 heavy (non-hydrogen) atoms. The first-order valence-corrected chi connectivity index (χ1v) is 6.07. The normalized spacial score (nSPS) is 20.6. The lowest BCUT2D eigenvalue weighted by Gasteiger charge is -2.41. The SMILES string of the molecule is CCC(C)(OC)C(C(C)C)C(C)CCl. The fraction of sp³-hybridized carbons (Fsp3) is 1.00. The zero-order valence-corrected chi connectivity index (χ0v) is 11.2. The summed E-state index contributed by atoms with van der Waals surface area (Å²) >= 11 is 5.96. The van der Waals surface area contributed by atoms with E-state index in [1.807, 2.05) is 0 Å². The van der Waals surface area contributed by atoms with Crippen LogP contribution in [0.4, 0.5) is 0 Å². The molecule has 0 N–H and O–H groups in total. The van der Waals surface area contributed by atoms with Gasteiger partial charge in [0, 0.05) is 13.0 Å². The minimum atomic E-state index is -0.0392. The molecule has 0 heterocycles. The van der Waals surface area contributed by atoms with Crippen molar-refractivity contribution in [2.45, 2.75) is 46.6 Å². The van der Waals surface area contributed by atoms with E-state index in [1.54, 1.807) is 7.11 Å². The highest BCUT2D eigenvalue weighted by Crippen LogP contribution is 2.36. The number of rotatable bonds is 6. The molecule has 0 aliphatic carbocycles. The molecule has 0 radical (unpaired) electrons. The molecule has 0 bridgehead atoms. The Balaban J connectivity index is 4.78. The molecule has 0 saturated carbocycles. The number of methoxy groups -OCH3 is 1. The molecule has 0 fully saturated rings. The van der Waals surface area contributed by atoms with Crippen LogP contribution in [0.3, 0.4) is 0 Å². The molecule has 0 aromatic heterocycles. The van der Waals surface area contributed by atoms with Crippen molar-refractivity contribution in [2.24, 2.45) is 17.8 Å². The number of ether oxygens (including phenoxy) is 1. The maximum Gasteiger partial charge on any atom is 0.0681 e. The zero-order chi connectivity index (χ0) is 11.4. The molecule has 0 aromatic carbocycles. The van der Waals surface area contributed by atoms with Gasteiger partial charge in [0.2, 0.25) is 0 Å². The summed E-state index contributed by atoms with van der Waals surface area (Å²) in [6, 6.07) is 0. The van der Waals surface area contributed by atoms with E-state index < -0.39 is 0 Å². The lowest BCUT2D eigenvalue weighted by atomic mass is 9.72. The minimum Gasteiger partial charge on any atom is -0.378 e. The third kappa shape index (κ3) is 3.13. The largest absolute Gasteiger partial charge is 0.378 e. The van der Waals surface area contributed by atoms with Crippen molar-refractivity contribution in [3.8, 4) is 0 Å². The Morgan fingerprint density at radius 2 is 1.79 bits per heavy atom. The molecule has 0 aliphatic heterocycles. The molecule has 3 unspecified atom stereocenters. The van der Waals surface area contributed by atoms with Crippen LogP contribution in [0, 0.1) is 17.8 Å². The van der Waals surface area contributed by atoms with Crippen molar-refractivity contribution in [1.29, 1.82) is 0 Å². The van der Waals surface area contributed by atoms with Crippen LogP contribution in [-0.4, -0.2) is 18.6 Å². The maximum atomic E-state index is 5.96. The second-order valence-electron chi connectivity index (χ2n) is 4.77. The van der Waals surface area contributed by atoms with E-state index in [9.17, 15) is 0 Å². The van der Waals surface area contributed by atoms with Gasteiger partial charge in [-0.1, -0.05) is 27.7 Å². The summed E-state index contributed by atoms with van der Waals surface area (Å²) < 4.78 is 5.67. The van der Waals surface area contributed by atoms with Gasteiger partial charge in [-0.05, 0) is 31.1 Å². The van der Waals surface area contributed by atoms with E-state index in [4.69, 9.17) is 16.3 Å². The average molecular weight is 221 g/mol. The van der Waals surface area contributed by atoms with Gasteiger partial charge in [-0.3, -0.25) is 0 Å². The van der Waals surface area contributed by atoms with E-state index in [0.29, 0.717) is 23.6 Å². The lowest BCUT2D eigenvalue weighted by Crippen LogP contribution is -2.43. The predicted octanol–water partition coefficient (Wildman–Crippen LogP) is 3.95. The van der Waals surface area contributed by atoms with Crippen LogP contribution in [0.25, 0.3) is 0 Å². The maximum absolute atomic E-state index is 5.96. The number of halogens is 1. The topological polar surface area (TPSA) is 9.23 Å². The molecule has 2 heteroatoms. The summed E-state index contributed by atoms with van der Waals surface area (Å²) in [5.74, 6) is 2.34. The van der Waals surface area contributed by atoms with Crippen LogP contribution < -0.4 is 0 Å². The molecule has 0 spiro atoms. The summed E-state index contributed by atoms with van der Waals surface area (Å²) in [5, 5.41) is 0. The Labute approximate surface area is 94.2 Å². The van der Waals surface area contributed by atoms with Crippen molar-refractivity contribution in [2.75, 3.05) is 13.0 Å². The van der Waals surface area contributed by atoms with Crippen molar-refractivity contribution in [3.63, 3.8) is 0 Å². The fourth-order valence-corrected chi connectivity index (χ4v) is 2.77. The molecule has 3 atom stereocenters. The van der Waals surface area contributed by atoms with Crippen LogP contribution in [-0.2, 0) is 4.74 Å². The Morgan fingerprint density at radius 3 is 2.00 bits per heavy atom. The highest BCUT2D eigenvalue weighted by atomic mass is 35.5. The Kier molecular flexibility index (Phi) is 6.08. The summed E-state index contributed by atoms with van der Waals surface area (Å²) in [7, 11) is 1.81. The van der Waals surface area contributed by atoms with Gasteiger partial charge in [0.15, 0.2) is 0 Å². The molecule has 0 aromatic rings. The molecule has 1 nitrogen and oxygen atoms in total. The van der Waals surface area contributed by atoms with Gasteiger partial charge in [0.05, 0.1) is 5.60 Å². The van der Waals surface area contributed by atoms with Crippen LogP contribution in [0.5, 0.6) is 0 Å². The second kappa shape index (κ2) is 5.97. The van der Waals surface area contributed by atoms with Crippen LogP contribution >= 0.6 is 11.6 Å². The lowest BCUT2D eigenvalue weighted by molar-refractivity contribution is -0.0774. The van der Waals surface area contributed by atoms with Crippen LogP contribution in [0.1, 0.15) is 41.0 Å². The van der Waals surface area contributed by atoms with E-state index in [-0.39, 0.29) is 5.60 Å². The van der Waals surface area contributed by atoms with E-state index in [1.165, 1.54) is 0 Å². The van der Waals surface area contributed by atoms with Gasteiger partial charge >= 0.3 is 0 Å². The smallest absolute Gasteiger partial charge is 0.0681 e. The number of hydrogen-bond acceptors (Lipinski definition) is 1. The third-order valence-corrected chi connectivity index (χ3v) is 3.93. The predicted molar refractivity (Wildman–Crippen MR) is 63.9 cm³/mol. The first-order valence-electron chi connectivity index (χ1n) is 5.54. The van der Waals surface area contributed by atoms with Crippen molar-refractivity contribution < 1.29 is 4.74 Å². The average Bonchev–Trinajstić information content (AvgIpc) is 2.16. The van der Waals surface area contributed by atoms with Crippen LogP contribution in [0.2, 0.25) is 0 Å². The Bertz CT molecular complexity index is 152. The fourth-order valence-electron chi connectivity index (χ4n) is 2.58. The summed E-state index contributed by atoms with van der Waals surface area (Å²) in [6.07, 6.45) is 1.04. The standard InChI is InChI=1S/C12H25ClO/c1-7-12(5,14-6)11(9(2)3)10(4)8-13/h9-11H,7-8H2,1-6H3. The molecular formula is C12H25ClO. The van der Waals surface area contributed by atoms with Gasteiger partial charge in [-0.25, -0.2) is 0 Å². The molecule has 0 amide bonds. The van der Waals surface area contributed by atoms with Crippen molar-refractivity contribution in [3.05, 3.63) is 0 Å². The van der Waals surface area contributed by atoms with Crippen LogP contribution in [0.15, 0.2) is 0 Å². The molecular weight excluding hydrogens is 196 g/mol. The number of alkyl halides is 1. The summed E-state index contributed by atoms with van der Waals surface area (Å²) in [5.41, 5.74) is -0.0392. The highest BCUT2D eigenvalue weighted by Gasteiger charge is 2.37. The van der Waals surface area contributed by atoms with Gasteiger partial charge in [-0.15, -0.1) is 11.6 Å². The van der Waals surface area contributed by atoms with Gasteiger partial charge in [0.1, 0.15) is 0 Å². The van der Waals surface area contributed by atoms with Crippen molar-refractivity contribution in [1.82, 2.24) is 0 Å². The summed E-state index contributed by atoms with van der Waals surface area (Å²) in [4.78, 5) is 0. The summed E-state index contributed by atoms with van der Waals surface area (Å²) in [6.45, 7) is 11.1. The van der Waals surface area contributed by atoms with Gasteiger partial charge < -0.3 is 4.74 Å². The van der Waals surface area contributed by atoms with E-state index >= 15 is 0 Å². The molecule has 0 saturated heterocycles. The second-order valence-corrected chi connectivity index (χ2v) is 5.08. The zero-order valence-electron chi connectivity index (χ0n) is 10.4. The first kappa shape index (κ1) is 14.2. The van der Waals surface area contributed by atoms with E-state index in [2.05, 4.69) is 34.6 Å². The Morgan fingerprint density at radius 1 is 1.29 bits per heavy atom. The highest BCUT2D eigenvalue weighted by molar-refractivity contribution is 6.18. The number of hydrogen-bond donors (Lipinski definition) is 0. The van der Waals surface area contributed by atoms with Gasteiger partial charge in [0.25, 0.3) is 0 Å². The molecule has 0 aliphatic rings. The molecule has 0 rings (SSSR count). The third-order valence-electron chi connectivity index (χ3n) is 3.45. The van der Waals surface area contributed by atoms with Crippen molar-refractivity contribution >= 4 is 11.6 Å².